The molecule has 128 valence electrons. The van der Waals surface area contributed by atoms with Gasteiger partial charge in [-0.3, -0.25) is 4.98 Å². The Morgan fingerprint density at radius 2 is 1.79 bits per heavy atom. The average Bonchev–Trinajstić information content (AvgIpc) is 2.61. The van der Waals surface area contributed by atoms with Crippen molar-refractivity contribution in [3.8, 4) is 0 Å². The summed E-state index contributed by atoms with van der Waals surface area (Å²) in [5.41, 5.74) is 0.958. The van der Waals surface area contributed by atoms with Crippen LogP contribution in [0, 0.1) is 0 Å². The Bertz CT molecular complexity index is 764. The van der Waals surface area contributed by atoms with Gasteiger partial charge in [-0.1, -0.05) is 18.2 Å². The van der Waals surface area contributed by atoms with E-state index >= 15 is 0 Å². The number of urea groups is 1. The third-order valence-electron chi connectivity index (χ3n) is 3.84. The molecule has 0 radical (unpaired) electrons. The highest BCUT2D eigenvalue weighted by Gasteiger charge is 2.18. The minimum atomic E-state index is -3.40. The van der Waals surface area contributed by atoms with E-state index in [1.807, 2.05) is 19.1 Å². The van der Waals surface area contributed by atoms with Crippen LogP contribution in [-0.4, -0.2) is 43.7 Å². The highest BCUT2D eigenvalue weighted by molar-refractivity contribution is 7.91. The molecular formula is C17H21N3O3S. The van der Waals surface area contributed by atoms with Crippen LogP contribution >= 0.6 is 0 Å². The predicted molar refractivity (Wildman–Crippen MR) is 92.3 cm³/mol. The minimum absolute atomic E-state index is 0.0590. The fraction of sp³-hybridized carbons (Fsp3) is 0.294. The van der Waals surface area contributed by atoms with Crippen LogP contribution in [0.25, 0.3) is 0 Å². The van der Waals surface area contributed by atoms with Crippen LogP contribution in [0.1, 0.15) is 18.5 Å². The van der Waals surface area contributed by atoms with Gasteiger partial charge in [-0.2, -0.15) is 0 Å². The molecule has 7 heteroatoms. The van der Waals surface area contributed by atoms with Crippen molar-refractivity contribution in [2.24, 2.45) is 0 Å². The van der Waals surface area contributed by atoms with Crippen molar-refractivity contribution in [1.82, 2.24) is 15.2 Å². The van der Waals surface area contributed by atoms with Crippen LogP contribution < -0.4 is 5.32 Å². The second-order valence-corrected chi connectivity index (χ2v) is 7.54. The molecule has 1 aromatic heterocycles. The Balaban J connectivity index is 1.89. The quantitative estimate of drug-likeness (QED) is 0.869. The van der Waals surface area contributed by atoms with Gasteiger partial charge in [-0.05, 0) is 36.8 Å². The number of hydrogen-bond acceptors (Lipinski definition) is 4. The van der Waals surface area contributed by atoms with Crippen molar-refractivity contribution in [2.75, 3.05) is 19.3 Å². The number of benzene rings is 1. The largest absolute Gasteiger partial charge is 0.337 e. The first-order valence-corrected chi connectivity index (χ1v) is 9.25. The number of amides is 2. The fourth-order valence-corrected chi connectivity index (χ4v) is 3.38. The van der Waals surface area contributed by atoms with Gasteiger partial charge >= 0.3 is 6.03 Å². The van der Waals surface area contributed by atoms with Crippen molar-refractivity contribution in [3.05, 3.63) is 60.4 Å². The molecule has 1 N–H and O–H groups in total. The number of nitrogens with one attached hydrogen (secondary N) is 1. The molecule has 0 aliphatic heterocycles. The van der Waals surface area contributed by atoms with Crippen LogP contribution in [0.5, 0.6) is 0 Å². The van der Waals surface area contributed by atoms with Crippen molar-refractivity contribution in [3.63, 3.8) is 0 Å². The summed E-state index contributed by atoms with van der Waals surface area (Å²) in [4.78, 5) is 17.9. The van der Waals surface area contributed by atoms with Gasteiger partial charge in [0.05, 0.1) is 16.7 Å². The summed E-state index contributed by atoms with van der Waals surface area (Å²) in [6, 6.07) is 11.4. The second kappa shape index (κ2) is 7.92. The van der Waals surface area contributed by atoms with E-state index in [0.717, 1.165) is 5.56 Å². The van der Waals surface area contributed by atoms with Crippen LogP contribution in [0.4, 0.5) is 4.79 Å². The lowest BCUT2D eigenvalue weighted by molar-refractivity contribution is 0.195. The maximum Gasteiger partial charge on any atom is 0.317 e. The molecule has 0 saturated carbocycles. The smallest absolute Gasteiger partial charge is 0.317 e. The van der Waals surface area contributed by atoms with Crippen LogP contribution in [0.15, 0.2) is 59.8 Å². The maximum atomic E-state index is 12.2. The second-order valence-electron chi connectivity index (χ2n) is 5.43. The summed E-state index contributed by atoms with van der Waals surface area (Å²) in [5.74, 6) is -0.139. The molecular weight excluding hydrogens is 326 g/mol. The number of nitrogens with zero attached hydrogens (tertiary/aromatic N) is 2. The lowest BCUT2D eigenvalue weighted by atomic mass is 10.1. The Morgan fingerprint density at radius 3 is 2.42 bits per heavy atom. The number of rotatable bonds is 6. The first-order chi connectivity index (χ1) is 11.4. The van der Waals surface area contributed by atoms with Gasteiger partial charge in [-0.25, -0.2) is 13.2 Å². The van der Waals surface area contributed by atoms with Crippen LogP contribution in [0.2, 0.25) is 0 Å². The van der Waals surface area contributed by atoms with Crippen molar-refractivity contribution in [2.45, 2.75) is 17.9 Å². The van der Waals surface area contributed by atoms with Gasteiger partial charge in [0.1, 0.15) is 0 Å². The molecule has 2 amide bonds. The lowest BCUT2D eigenvalue weighted by Gasteiger charge is -2.25. The molecule has 0 saturated heterocycles. The maximum absolute atomic E-state index is 12.2. The van der Waals surface area contributed by atoms with Crippen LogP contribution in [-0.2, 0) is 9.84 Å². The Morgan fingerprint density at radius 1 is 1.17 bits per heavy atom. The zero-order valence-electron chi connectivity index (χ0n) is 13.7. The van der Waals surface area contributed by atoms with E-state index in [-0.39, 0.29) is 29.3 Å². The Labute approximate surface area is 142 Å². The van der Waals surface area contributed by atoms with E-state index in [2.05, 4.69) is 10.3 Å². The van der Waals surface area contributed by atoms with Gasteiger partial charge in [0.25, 0.3) is 0 Å². The number of hydrogen-bond donors (Lipinski definition) is 1. The standard InChI is InChI=1S/C17H21N3O3S/c1-14(15-8-10-18-11-9-15)20(2)17(21)19-12-13-24(22,23)16-6-4-3-5-7-16/h3-11,14H,12-13H2,1-2H3,(H,19,21). The first kappa shape index (κ1) is 17.9. The molecule has 0 fully saturated rings. The molecule has 0 bridgehead atoms. The van der Waals surface area contributed by atoms with Gasteiger partial charge in [0, 0.05) is 26.0 Å². The monoisotopic (exact) mass is 347 g/mol. The number of pyridine rings is 1. The summed E-state index contributed by atoms with van der Waals surface area (Å²) in [7, 11) is -1.72. The molecule has 0 spiro atoms. The molecule has 0 aliphatic rings. The van der Waals surface area contributed by atoms with Crippen molar-refractivity contribution in [1.29, 1.82) is 0 Å². The summed E-state index contributed by atoms with van der Waals surface area (Å²) in [5, 5.41) is 2.65. The molecule has 1 aromatic carbocycles. The normalized spacial score (nSPS) is 12.4. The molecule has 1 heterocycles. The molecule has 1 atom stereocenters. The molecule has 1 unspecified atom stereocenters. The number of carbonyl (C=O) groups excluding carboxylic acids is 1. The average molecular weight is 347 g/mol. The zero-order valence-corrected chi connectivity index (χ0v) is 14.5. The van der Waals surface area contributed by atoms with E-state index < -0.39 is 9.84 Å². The lowest BCUT2D eigenvalue weighted by Crippen LogP contribution is -2.40. The first-order valence-electron chi connectivity index (χ1n) is 7.60. The molecule has 2 aromatic rings. The van der Waals surface area contributed by atoms with Crippen molar-refractivity contribution < 1.29 is 13.2 Å². The number of carbonyl (C=O) groups is 1. The third-order valence-corrected chi connectivity index (χ3v) is 5.57. The zero-order chi connectivity index (χ0) is 17.6. The van der Waals surface area contributed by atoms with E-state index in [1.165, 1.54) is 4.90 Å². The SMILES string of the molecule is CC(c1ccncc1)N(C)C(=O)NCCS(=O)(=O)c1ccccc1. The molecule has 0 aliphatic carbocycles. The summed E-state index contributed by atoms with van der Waals surface area (Å²) in [6.45, 7) is 1.96. The van der Waals surface area contributed by atoms with Gasteiger partial charge in [0.15, 0.2) is 9.84 Å². The van der Waals surface area contributed by atoms with Gasteiger partial charge < -0.3 is 10.2 Å². The highest BCUT2D eigenvalue weighted by atomic mass is 32.2. The van der Waals surface area contributed by atoms with Crippen molar-refractivity contribution >= 4 is 15.9 Å². The number of sulfone groups is 1. The number of aromatic nitrogens is 1. The Kier molecular flexibility index (Phi) is 5.92. The molecule has 24 heavy (non-hydrogen) atoms. The van der Waals surface area contributed by atoms with Gasteiger partial charge in [-0.15, -0.1) is 0 Å². The fourth-order valence-electron chi connectivity index (χ4n) is 2.20. The summed E-state index contributed by atoms with van der Waals surface area (Å²) < 4.78 is 24.3. The van der Waals surface area contributed by atoms with Gasteiger partial charge in [0.2, 0.25) is 0 Å². The Hall–Kier alpha value is -2.41. The van der Waals surface area contributed by atoms with E-state index in [0.29, 0.717) is 0 Å². The van der Waals surface area contributed by atoms with E-state index in [4.69, 9.17) is 0 Å². The van der Waals surface area contributed by atoms with E-state index in [9.17, 15) is 13.2 Å². The molecule has 6 nitrogen and oxygen atoms in total. The summed E-state index contributed by atoms with van der Waals surface area (Å²) >= 11 is 0. The topological polar surface area (TPSA) is 79.4 Å². The summed E-state index contributed by atoms with van der Waals surface area (Å²) in [6.07, 6.45) is 3.34. The predicted octanol–water partition coefficient (Wildman–Crippen LogP) is 2.26. The highest BCUT2D eigenvalue weighted by Crippen LogP contribution is 2.17. The third kappa shape index (κ3) is 4.55. The molecule has 2 rings (SSSR count). The van der Waals surface area contributed by atoms with E-state index in [1.54, 1.807) is 49.8 Å². The minimum Gasteiger partial charge on any atom is -0.337 e. The van der Waals surface area contributed by atoms with Crippen LogP contribution in [0.3, 0.4) is 0 Å².